The number of hydrogen-bond acceptors (Lipinski definition) is 6. The quantitative estimate of drug-likeness (QED) is 0.499. The average molecular weight is 379 g/mol. The number of methoxy groups -OCH3 is 1. The molecule has 2 aromatic rings. The van der Waals surface area contributed by atoms with Crippen LogP contribution in [-0.4, -0.2) is 33.0 Å². The molecule has 0 amide bonds. The highest BCUT2D eigenvalue weighted by molar-refractivity contribution is 7.73. The number of rotatable bonds is 7. The first-order valence-electron chi connectivity index (χ1n) is 7.36. The van der Waals surface area contributed by atoms with Crippen LogP contribution in [-0.2, 0) is 11.3 Å². The van der Waals surface area contributed by atoms with Crippen LogP contribution in [0, 0.1) is 3.95 Å². The largest absolute Gasteiger partial charge is 0.504 e. The number of aromatic hydroxyl groups is 2. The van der Waals surface area contributed by atoms with E-state index in [4.69, 9.17) is 22.1 Å². The van der Waals surface area contributed by atoms with Gasteiger partial charge in [-0.1, -0.05) is 6.07 Å². The van der Waals surface area contributed by atoms with Crippen LogP contribution in [0.5, 0.6) is 17.4 Å². The van der Waals surface area contributed by atoms with Crippen LogP contribution in [0.2, 0.25) is 0 Å². The third-order valence-corrected chi connectivity index (χ3v) is 4.72. The van der Waals surface area contributed by atoms with Gasteiger partial charge in [-0.25, -0.2) is 0 Å². The van der Waals surface area contributed by atoms with E-state index in [0.717, 1.165) is 5.56 Å². The maximum atomic E-state index is 10.6. The van der Waals surface area contributed by atoms with Crippen molar-refractivity contribution in [3.05, 3.63) is 38.3 Å². The van der Waals surface area contributed by atoms with Crippen molar-refractivity contribution < 1.29 is 24.9 Å². The van der Waals surface area contributed by atoms with E-state index in [2.05, 4.69) is 5.73 Å². The molecule has 3 N–H and O–H groups in total. The Kier molecular flexibility index (Phi) is 6.41. The zero-order chi connectivity index (χ0) is 18.4. The van der Waals surface area contributed by atoms with Crippen LogP contribution in [0.4, 0.5) is 0 Å². The van der Waals surface area contributed by atoms with Gasteiger partial charge < -0.3 is 20.1 Å². The standard InChI is InChI=1S/C17H17NO5S2/c1-23-13-10-11(7-8-12(13)19)4-2-5-14-16(22)18(17(24)25-14)9-3-6-15(20)21/h4-5,7-8,10,19,22H,3,6,9H2,1H3,(H,20,21). The van der Waals surface area contributed by atoms with E-state index in [1.54, 1.807) is 24.3 Å². The summed E-state index contributed by atoms with van der Waals surface area (Å²) in [4.78, 5) is 11.1. The van der Waals surface area contributed by atoms with E-state index in [-0.39, 0.29) is 18.1 Å². The lowest BCUT2D eigenvalue weighted by atomic mass is 10.2. The monoisotopic (exact) mass is 379 g/mol. The fourth-order valence-corrected chi connectivity index (χ4v) is 3.34. The molecule has 0 atom stereocenters. The normalized spacial score (nSPS) is 10.1. The second-order valence-corrected chi connectivity index (χ2v) is 6.77. The van der Waals surface area contributed by atoms with Crippen molar-refractivity contribution in [2.24, 2.45) is 0 Å². The smallest absolute Gasteiger partial charge is 0.303 e. The van der Waals surface area contributed by atoms with Gasteiger partial charge in [-0.2, -0.15) is 0 Å². The molecule has 25 heavy (non-hydrogen) atoms. The molecule has 0 saturated heterocycles. The second kappa shape index (κ2) is 8.53. The molecule has 2 rings (SSSR count). The molecule has 0 bridgehead atoms. The fraction of sp³-hybridized carbons (Fsp3) is 0.235. The topological polar surface area (TPSA) is 91.9 Å². The lowest BCUT2D eigenvalue weighted by Gasteiger charge is -2.03. The highest BCUT2D eigenvalue weighted by atomic mass is 32.1. The molecule has 0 aliphatic heterocycles. The van der Waals surface area contributed by atoms with Crippen LogP contribution in [0.25, 0.3) is 12.2 Å². The lowest BCUT2D eigenvalue weighted by Crippen LogP contribution is -2.01. The Morgan fingerprint density at radius 1 is 1.40 bits per heavy atom. The molecule has 0 fully saturated rings. The van der Waals surface area contributed by atoms with E-state index < -0.39 is 5.97 Å². The van der Waals surface area contributed by atoms with Crippen molar-refractivity contribution in [2.75, 3.05) is 7.11 Å². The number of hydrogen-bond donors (Lipinski definition) is 3. The Morgan fingerprint density at radius 2 is 2.16 bits per heavy atom. The summed E-state index contributed by atoms with van der Waals surface area (Å²) in [7, 11) is 1.47. The Bertz CT molecular complexity index is 891. The Labute approximate surface area is 153 Å². The van der Waals surface area contributed by atoms with Gasteiger partial charge in [0.25, 0.3) is 0 Å². The molecule has 1 aromatic heterocycles. The van der Waals surface area contributed by atoms with Gasteiger partial charge in [0, 0.05) is 19.0 Å². The van der Waals surface area contributed by atoms with E-state index in [1.807, 2.05) is 0 Å². The molecule has 6 nitrogen and oxygen atoms in total. The highest BCUT2D eigenvalue weighted by Gasteiger charge is 2.09. The molecule has 0 spiro atoms. The minimum Gasteiger partial charge on any atom is -0.504 e. The SMILES string of the molecule is COc1cc(C=C=Cc2sc(=S)n(CCCC(=O)O)c2O)ccc1O. The minimum absolute atomic E-state index is 0.00424. The third-order valence-electron chi connectivity index (χ3n) is 3.33. The van der Waals surface area contributed by atoms with Crippen molar-refractivity contribution in [2.45, 2.75) is 19.4 Å². The Balaban J connectivity index is 2.18. The fourth-order valence-electron chi connectivity index (χ4n) is 2.09. The first kappa shape index (κ1) is 18.8. The minimum atomic E-state index is -0.881. The van der Waals surface area contributed by atoms with Gasteiger partial charge in [-0.15, -0.1) is 17.1 Å². The van der Waals surface area contributed by atoms with E-state index in [9.17, 15) is 15.0 Å². The number of carboxylic acid groups (broad SMARTS) is 1. The van der Waals surface area contributed by atoms with Gasteiger partial charge in [-0.05, 0) is 42.4 Å². The maximum absolute atomic E-state index is 10.6. The lowest BCUT2D eigenvalue weighted by molar-refractivity contribution is -0.137. The van der Waals surface area contributed by atoms with Crippen molar-refractivity contribution in [1.82, 2.24) is 4.57 Å². The van der Waals surface area contributed by atoms with Crippen LogP contribution >= 0.6 is 23.6 Å². The number of carbonyl (C=O) groups is 1. The predicted octanol–water partition coefficient (Wildman–Crippen LogP) is 3.89. The van der Waals surface area contributed by atoms with Crippen molar-refractivity contribution in [3.63, 3.8) is 0 Å². The van der Waals surface area contributed by atoms with Crippen LogP contribution in [0.1, 0.15) is 23.3 Å². The zero-order valence-corrected chi connectivity index (χ0v) is 15.1. The van der Waals surface area contributed by atoms with Crippen LogP contribution in [0.3, 0.4) is 0 Å². The third kappa shape index (κ3) is 4.96. The van der Waals surface area contributed by atoms with Gasteiger partial charge in [0.1, 0.15) is 0 Å². The number of phenols is 1. The summed E-state index contributed by atoms with van der Waals surface area (Å²) in [5, 5.41) is 28.4. The first-order valence-corrected chi connectivity index (χ1v) is 8.58. The molecule has 132 valence electrons. The molecule has 0 radical (unpaired) electrons. The summed E-state index contributed by atoms with van der Waals surface area (Å²) >= 11 is 6.42. The summed E-state index contributed by atoms with van der Waals surface area (Å²) in [6.45, 7) is 0.347. The predicted molar refractivity (Wildman–Crippen MR) is 98.8 cm³/mol. The first-order chi connectivity index (χ1) is 11.9. The van der Waals surface area contributed by atoms with Gasteiger partial charge >= 0.3 is 5.97 Å². The Morgan fingerprint density at radius 3 is 2.84 bits per heavy atom. The van der Waals surface area contributed by atoms with Crippen molar-refractivity contribution in [3.8, 4) is 17.4 Å². The van der Waals surface area contributed by atoms with E-state index in [1.165, 1.54) is 29.1 Å². The van der Waals surface area contributed by atoms with Gasteiger partial charge in [0.2, 0.25) is 5.88 Å². The molecule has 0 unspecified atom stereocenters. The number of nitrogens with zero attached hydrogens (tertiary/aromatic N) is 1. The van der Waals surface area contributed by atoms with E-state index in [0.29, 0.717) is 27.5 Å². The maximum Gasteiger partial charge on any atom is 0.303 e. The van der Waals surface area contributed by atoms with Crippen molar-refractivity contribution >= 4 is 41.7 Å². The molecular formula is C17H17NO5S2. The zero-order valence-electron chi connectivity index (χ0n) is 13.4. The van der Waals surface area contributed by atoms with Gasteiger partial charge in [-0.3, -0.25) is 9.36 Å². The number of thiazole rings is 1. The summed E-state index contributed by atoms with van der Waals surface area (Å²) < 4.78 is 7.03. The molecule has 0 aliphatic rings. The molecule has 1 aromatic carbocycles. The molecule has 0 saturated carbocycles. The summed E-state index contributed by atoms with van der Waals surface area (Å²) in [6, 6.07) is 4.89. The second-order valence-electron chi connectivity index (χ2n) is 5.09. The summed E-state index contributed by atoms with van der Waals surface area (Å²) in [6.07, 6.45) is 3.69. The van der Waals surface area contributed by atoms with Gasteiger partial charge in [0.05, 0.1) is 12.0 Å². The number of benzene rings is 1. The Hall–Kier alpha value is -2.54. The van der Waals surface area contributed by atoms with Crippen LogP contribution < -0.4 is 4.74 Å². The average Bonchev–Trinajstić information content (AvgIpc) is 2.83. The number of carboxylic acids is 1. The summed E-state index contributed by atoms with van der Waals surface area (Å²) in [5.74, 6) is -0.463. The highest BCUT2D eigenvalue weighted by Crippen LogP contribution is 2.28. The summed E-state index contributed by atoms with van der Waals surface area (Å²) in [5.41, 5.74) is 3.73. The number of phenolic OH excluding ortho intramolecular Hbond substituents is 1. The van der Waals surface area contributed by atoms with E-state index >= 15 is 0 Å². The van der Waals surface area contributed by atoms with Crippen molar-refractivity contribution in [1.29, 1.82) is 0 Å². The number of ether oxygens (including phenoxy) is 1. The molecule has 1 heterocycles. The van der Waals surface area contributed by atoms with Gasteiger partial charge in [0.15, 0.2) is 15.5 Å². The molecule has 0 aliphatic carbocycles. The number of aromatic nitrogens is 1. The molecule has 8 heteroatoms. The molecular weight excluding hydrogens is 362 g/mol. The number of aliphatic carboxylic acids is 1. The van der Waals surface area contributed by atoms with Crippen LogP contribution in [0.15, 0.2) is 23.9 Å².